The largest absolute Gasteiger partial charge is 0.386 e. The van der Waals surface area contributed by atoms with Gasteiger partial charge in [0.1, 0.15) is 23.9 Å². The van der Waals surface area contributed by atoms with Crippen LogP contribution < -0.4 is 0 Å². The Labute approximate surface area is 134 Å². The standard InChI is InChI=1S/C16H21ClO5/c1-8-5-6-9(7-10(8)17)11(18)12-16(4,19)13-14(20-12)22-15(2,3)21-13/h5-7,11-14,18-19H,1-4H3/t11-,12?,13+,14-,16-/m1/s1. The minimum absolute atomic E-state index is 0.558. The maximum Gasteiger partial charge on any atom is 0.190 e. The summed E-state index contributed by atoms with van der Waals surface area (Å²) in [4.78, 5) is 0. The molecule has 0 saturated carbocycles. The molecule has 2 heterocycles. The molecule has 6 heteroatoms. The van der Waals surface area contributed by atoms with Crippen LogP contribution in [0, 0.1) is 6.92 Å². The van der Waals surface area contributed by atoms with Crippen molar-refractivity contribution in [1.29, 1.82) is 0 Å². The first-order valence-electron chi connectivity index (χ1n) is 7.29. The molecule has 1 aromatic rings. The van der Waals surface area contributed by atoms with Gasteiger partial charge in [-0.1, -0.05) is 23.7 Å². The summed E-state index contributed by atoms with van der Waals surface area (Å²) >= 11 is 6.11. The third-order valence-corrected chi connectivity index (χ3v) is 4.72. The van der Waals surface area contributed by atoms with E-state index in [4.69, 9.17) is 25.8 Å². The van der Waals surface area contributed by atoms with Crippen molar-refractivity contribution in [2.45, 2.75) is 63.7 Å². The quantitative estimate of drug-likeness (QED) is 0.872. The minimum atomic E-state index is -1.38. The molecule has 5 atom stereocenters. The molecule has 2 saturated heterocycles. The fourth-order valence-electron chi connectivity index (χ4n) is 3.03. The van der Waals surface area contributed by atoms with Gasteiger partial charge in [-0.05, 0) is 44.9 Å². The van der Waals surface area contributed by atoms with Gasteiger partial charge in [0.2, 0.25) is 0 Å². The fraction of sp³-hybridized carbons (Fsp3) is 0.625. The van der Waals surface area contributed by atoms with E-state index in [-0.39, 0.29) is 0 Å². The molecule has 0 bridgehead atoms. The van der Waals surface area contributed by atoms with Gasteiger partial charge >= 0.3 is 0 Å². The predicted octanol–water partition coefficient (Wildman–Crippen LogP) is 2.31. The predicted molar refractivity (Wildman–Crippen MR) is 80.5 cm³/mol. The zero-order valence-corrected chi connectivity index (χ0v) is 13.8. The summed E-state index contributed by atoms with van der Waals surface area (Å²) in [5.74, 6) is -0.817. The molecule has 2 aliphatic heterocycles. The van der Waals surface area contributed by atoms with E-state index in [1.807, 2.05) is 13.0 Å². The zero-order chi connectivity index (χ0) is 16.3. The van der Waals surface area contributed by atoms with Gasteiger partial charge in [-0.3, -0.25) is 0 Å². The minimum Gasteiger partial charge on any atom is -0.386 e. The molecule has 2 fully saturated rings. The molecule has 5 nitrogen and oxygen atoms in total. The normalized spacial score (nSPS) is 38.0. The number of aliphatic hydroxyl groups excluding tert-OH is 1. The average Bonchev–Trinajstić information content (AvgIpc) is 2.84. The molecule has 0 amide bonds. The zero-order valence-electron chi connectivity index (χ0n) is 13.0. The van der Waals surface area contributed by atoms with Crippen LogP contribution in [-0.2, 0) is 14.2 Å². The lowest BCUT2D eigenvalue weighted by Crippen LogP contribution is -2.48. The molecule has 22 heavy (non-hydrogen) atoms. The third kappa shape index (κ3) is 2.56. The molecule has 1 unspecified atom stereocenters. The molecular formula is C16H21ClO5. The van der Waals surface area contributed by atoms with Crippen molar-refractivity contribution in [2.24, 2.45) is 0 Å². The molecular weight excluding hydrogens is 308 g/mol. The summed E-state index contributed by atoms with van der Waals surface area (Å²) in [6.45, 7) is 6.99. The Hall–Kier alpha value is -0.690. The maximum atomic E-state index is 10.8. The molecule has 2 aliphatic rings. The number of hydrogen-bond acceptors (Lipinski definition) is 5. The van der Waals surface area contributed by atoms with Crippen LogP contribution in [0.5, 0.6) is 0 Å². The number of halogens is 1. The first-order valence-corrected chi connectivity index (χ1v) is 7.67. The first-order chi connectivity index (χ1) is 10.1. The van der Waals surface area contributed by atoms with E-state index in [0.29, 0.717) is 10.6 Å². The number of ether oxygens (including phenoxy) is 3. The molecule has 0 spiro atoms. The van der Waals surface area contributed by atoms with Crippen molar-refractivity contribution in [3.63, 3.8) is 0 Å². The summed E-state index contributed by atoms with van der Waals surface area (Å²) in [7, 11) is 0. The summed E-state index contributed by atoms with van der Waals surface area (Å²) in [5.41, 5.74) is 0.122. The third-order valence-electron chi connectivity index (χ3n) is 4.31. The van der Waals surface area contributed by atoms with Crippen LogP contribution in [0.15, 0.2) is 18.2 Å². The Morgan fingerprint density at radius 1 is 1.23 bits per heavy atom. The first kappa shape index (κ1) is 16.2. The van der Waals surface area contributed by atoms with Crippen LogP contribution in [0.4, 0.5) is 0 Å². The van der Waals surface area contributed by atoms with Crippen molar-refractivity contribution < 1.29 is 24.4 Å². The van der Waals surface area contributed by atoms with Gasteiger partial charge in [0, 0.05) is 5.02 Å². The maximum absolute atomic E-state index is 10.8. The Kier molecular flexibility index (Phi) is 3.79. The van der Waals surface area contributed by atoms with E-state index in [1.54, 1.807) is 32.9 Å². The van der Waals surface area contributed by atoms with Crippen molar-refractivity contribution in [2.75, 3.05) is 0 Å². The highest BCUT2D eigenvalue weighted by molar-refractivity contribution is 6.31. The number of hydrogen-bond donors (Lipinski definition) is 2. The summed E-state index contributed by atoms with van der Waals surface area (Å²) in [6.07, 6.45) is -3.25. The molecule has 0 radical (unpaired) electrons. The van der Waals surface area contributed by atoms with Crippen LogP contribution in [-0.4, -0.2) is 40.1 Å². The van der Waals surface area contributed by atoms with Crippen LogP contribution in [0.2, 0.25) is 5.02 Å². The van der Waals surface area contributed by atoms with Crippen LogP contribution in [0.3, 0.4) is 0 Å². The van der Waals surface area contributed by atoms with Crippen molar-refractivity contribution in [1.82, 2.24) is 0 Å². The van der Waals surface area contributed by atoms with E-state index < -0.39 is 36.0 Å². The van der Waals surface area contributed by atoms with Crippen LogP contribution >= 0.6 is 11.6 Å². The number of benzene rings is 1. The summed E-state index contributed by atoms with van der Waals surface area (Å²) < 4.78 is 17.1. The topological polar surface area (TPSA) is 68.2 Å². The molecule has 2 N–H and O–H groups in total. The van der Waals surface area contributed by atoms with Gasteiger partial charge in [0.15, 0.2) is 12.1 Å². The average molecular weight is 329 g/mol. The SMILES string of the molecule is Cc1ccc([C@@H](O)C2O[C@@H]3OC(C)(C)O[C@@H]3[C@]2(C)O)cc1Cl. The monoisotopic (exact) mass is 328 g/mol. The number of aliphatic hydroxyl groups is 2. The second-order valence-electron chi connectivity index (χ2n) is 6.66. The van der Waals surface area contributed by atoms with E-state index in [0.717, 1.165) is 5.56 Å². The van der Waals surface area contributed by atoms with E-state index >= 15 is 0 Å². The lowest BCUT2D eigenvalue weighted by molar-refractivity contribution is -0.240. The molecule has 0 aromatic heterocycles. The molecule has 122 valence electrons. The Bertz CT molecular complexity index is 586. The van der Waals surface area contributed by atoms with Gasteiger partial charge < -0.3 is 24.4 Å². The van der Waals surface area contributed by atoms with Crippen molar-refractivity contribution in [3.05, 3.63) is 34.3 Å². The van der Waals surface area contributed by atoms with Crippen LogP contribution in [0.1, 0.15) is 38.0 Å². The lowest BCUT2D eigenvalue weighted by Gasteiger charge is -2.33. The highest BCUT2D eigenvalue weighted by Crippen LogP contribution is 2.46. The highest BCUT2D eigenvalue weighted by Gasteiger charge is 2.62. The van der Waals surface area contributed by atoms with Crippen molar-refractivity contribution in [3.8, 4) is 0 Å². The summed E-state index contributed by atoms with van der Waals surface area (Å²) in [6, 6.07) is 5.27. The van der Waals surface area contributed by atoms with Crippen molar-refractivity contribution >= 4 is 11.6 Å². The van der Waals surface area contributed by atoms with E-state index in [1.165, 1.54) is 0 Å². The number of fused-ring (bicyclic) bond motifs is 1. The number of aryl methyl sites for hydroxylation is 1. The molecule has 3 rings (SSSR count). The highest BCUT2D eigenvalue weighted by atomic mass is 35.5. The molecule has 1 aromatic carbocycles. The smallest absolute Gasteiger partial charge is 0.190 e. The Morgan fingerprint density at radius 3 is 2.50 bits per heavy atom. The van der Waals surface area contributed by atoms with Gasteiger partial charge in [-0.15, -0.1) is 0 Å². The van der Waals surface area contributed by atoms with Gasteiger partial charge in [0.05, 0.1) is 0 Å². The lowest BCUT2D eigenvalue weighted by atomic mass is 9.88. The second-order valence-corrected chi connectivity index (χ2v) is 7.07. The Balaban J connectivity index is 1.85. The van der Waals surface area contributed by atoms with Gasteiger partial charge in [-0.2, -0.15) is 0 Å². The summed E-state index contributed by atoms with van der Waals surface area (Å²) in [5, 5.41) is 21.9. The fourth-order valence-corrected chi connectivity index (χ4v) is 3.22. The van der Waals surface area contributed by atoms with Crippen LogP contribution in [0.25, 0.3) is 0 Å². The van der Waals surface area contributed by atoms with E-state index in [2.05, 4.69) is 0 Å². The van der Waals surface area contributed by atoms with Gasteiger partial charge in [-0.25, -0.2) is 0 Å². The van der Waals surface area contributed by atoms with E-state index in [9.17, 15) is 10.2 Å². The number of rotatable bonds is 2. The second kappa shape index (κ2) is 5.16. The Morgan fingerprint density at radius 2 is 1.91 bits per heavy atom. The molecule has 0 aliphatic carbocycles. The van der Waals surface area contributed by atoms with Gasteiger partial charge in [0.25, 0.3) is 0 Å².